The average molecular weight is 258 g/mol. The Morgan fingerprint density at radius 2 is 1.95 bits per heavy atom. The van der Waals surface area contributed by atoms with Crippen molar-refractivity contribution in [1.82, 2.24) is 5.32 Å². The second-order valence-corrected chi connectivity index (χ2v) is 6.15. The molecule has 0 aliphatic heterocycles. The fourth-order valence-electron chi connectivity index (χ4n) is 2.89. The zero-order valence-corrected chi connectivity index (χ0v) is 11.3. The number of carbonyl (C=O) groups excluding carboxylic acids is 1. The summed E-state index contributed by atoms with van der Waals surface area (Å²) >= 11 is 0. The first kappa shape index (κ1) is 12.5. The van der Waals surface area contributed by atoms with Crippen molar-refractivity contribution in [3.8, 4) is 0 Å². The minimum atomic E-state index is 0.184. The van der Waals surface area contributed by atoms with Crippen LogP contribution >= 0.6 is 0 Å². The molecule has 0 bridgehead atoms. The highest BCUT2D eigenvalue weighted by molar-refractivity contribution is 5.76. The van der Waals surface area contributed by atoms with Gasteiger partial charge in [0.1, 0.15) is 0 Å². The predicted octanol–water partition coefficient (Wildman–Crippen LogP) is 2.51. The highest BCUT2D eigenvalue weighted by Crippen LogP contribution is 2.60. The Morgan fingerprint density at radius 1 is 1.26 bits per heavy atom. The molecule has 3 heteroatoms. The molecule has 0 atom stereocenters. The van der Waals surface area contributed by atoms with Gasteiger partial charge in [-0.1, -0.05) is 12.1 Å². The van der Waals surface area contributed by atoms with E-state index in [2.05, 4.69) is 5.32 Å². The van der Waals surface area contributed by atoms with Crippen LogP contribution in [0.5, 0.6) is 0 Å². The maximum Gasteiger partial charge on any atom is 0.220 e. The van der Waals surface area contributed by atoms with Crippen LogP contribution in [0.3, 0.4) is 0 Å². The van der Waals surface area contributed by atoms with Crippen molar-refractivity contribution < 1.29 is 4.79 Å². The van der Waals surface area contributed by atoms with Gasteiger partial charge in [-0.15, -0.1) is 0 Å². The molecular formula is C16H22N2O. The average Bonchev–Trinajstić information content (AvgIpc) is 3.28. The quantitative estimate of drug-likeness (QED) is 0.770. The lowest BCUT2D eigenvalue weighted by Gasteiger charge is -2.14. The van der Waals surface area contributed by atoms with Crippen LogP contribution in [0.15, 0.2) is 24.3 Å². The van der Waals surface area contributed by atoms with Crippen molar-refractivity contribution in [3.05, 3.63) is 29.8 Å². The number of anilines is 1. The largest absolute Gasteiger partial charge is 0.399 e. The number of benzene rings is 1. The van der Waals surface area contributed by atoms with Gasteiger partial charge in [-0.3, -0.25) is 4.79 Å². The van der Waals surface area contributed by atoms with Crippen LogP contribution in [0, 0.1) is 11.3 Å². The minimum Gasteiger partial charge on any atom is -0.399 e. The molecule has 0 radical (unpaired) electrons. The molecule has 2 saturated carbocycles. The third-order valence-corrected chi connectivity index (χ3v) is 4.59. The number of hydrogen-bond donors (Lipinski definition) is 2. The molecule has 102 valence electrons. The van der Waals surface area contributed by atoms with Gasteiger partial charge in [0.25, 0.3) is 0 Å². The van der Waals surface area contributed by atoms with Crippen molar-refractivity contribution in [2.45, 2.75) is 38.5 Å². The fourth-order valence-corrected chi connectivity index (χ4v) is 2.89. The maximum atomic E-state index is 11.9. The topological polar surface area (TPSA) is 55.1 Å². The van der Waals surface area contributed by atoms with E-state index in [1.54, 1.807) is 0 Å². The summed E-state index contributed by atoms with van der Waals surface area (Å²) in [4.78, 5) is 11.9. The molecule has 3 nitrogen and oxygen atoms in total. The lowest BCUT2D eigenvalue weighted by molar-refractivity contribution is -0.121. The first-order valence-corrected chi connectivity index (χ1v) is 7.29. The Labute approximate surface area is 114 Å². The minimum absolute atomic E-state index is 0.184. The SMILES string of the molecule is Nc1ccc(CCC(=O)NCC2(C3CC3)CC2)cc1. The number of nitrogen functional groups attached to an aromatic ring is 1. The Kier molecular flexibility index (Phi) is 3.21. The first-order valence-electron chi connectivity index (χ1n) is 7.29. The van der Waals surface area contributed by atoms with E-state index in [0.29, 0.717) is 11.8 Å². The number of hydrogen-bond acceptors (Lipinski definition) is 2. The molecule has 1 aromatic carbocycles. The molecule has 3 N–H and O–H groups in total. The van der Waals surface area contributed by atoms with Crippen LogP contribution in [-0.2, 0) is 11.2 Å². The molecule has 0 aromatic heterocycles. The van der Waals surface area contributed by atoms with E-state index in [4.69, 9.17) is 5.73 Å². The van der Waals surface area contributed by atoms with Crippen molar-refractivity contribution in [2.75, 3.05) is 12.3 Å². The van der Waals surface area contributed by atoms with E-state index in [-0.39, 0.29) is 5.91 Å². The van der Waals surface area contributed by atoms with E-state index < -0.39 is 0 Å². The van der Waals surface area contributed by atoms with E-state index >= 15 is 0 Å². The van der Waals surface area contributed by atoms with Gasteiger partial charge in [-0.2, -0.15) is 0 Å². The van der Waals surface area contributed by atoms with Crippen molar-refractivity contribution in [1.29, 1.82) is 0 Å². The molecule has 0 heterocycles. The normalized spacial score (nSPS) is 20.0. The summed E-state index contributed by atoms with van der Waals surface area (Å²) in [6, 6.07) is 7.77. The number of rotatable bonds is 6. The monoisotopic (exact) mass is 258 g/mol. The first-order chi connectivity index (χ1) is 9.18. The van der Waals surface area contributed by atoms with Gasteiger partial charge in [-0.25, -0.2) is 0 Å². The van der Waals surface area contributed by atoms with Crippen molar-refractivity contribution in [3.63, 3.8) is 0 Å². The number of carbonyl (C=O) groups is 1. The van der Waals surface area contributed by atoms with Crippen LogP contribution in [0.25, 0.3) is 0 Å². The van der Waals surface area contributed by atoms with Crippen molar-refractivity contribution in [2.24, 2.45) is 11.3 Å². The highest BCUT2D eigenvalue weighted by Gasteiger charge is 2.53. The number of nitrogens with one attached hydrogen (secondary N) is 1. The molecule has 2 aliphatic carbocycles. The number of aryl methyl sites for hydroxylation is 1. The molecular weight excluding hydrogens is 236 g/mol. The van der Waals surface area contributed by atoms with Crippen molar-refractivity contribution >= 4 is 11.6 Å². The van der Waals surface area contributed by atoms with E-state index in [1.165, 1.54) is 31.2 Å². The van der Waals surface area contributed by atoms with Crippen LogP contribution < -0.4 is 11.1 Å². The summed E-state index contributed by atoms with van der Waals surface area (Å²) < 4.78 is 0. The van der Waals surface area contributed by atoms with Gasteiger partial charge in [0.05, 0.1) is 0 Å². The molecule has 3 rings (SSSR count). The maximum absolute atomic E-state index is 11.9. The van der Waals surface area contributed by atoms with E-state index in [1.807, 2.05) is 24.3 Å². The zero-order chi connectivity index (χ0) is 13.3. The van der Waals surface area contributed by atoms with Crippen LogP contribution in [0.2, 0.25) is 0 Å². The predicted molar refractivity (Wildman–Crippen MR) is 76.6 cm³/mol. The standard InChI is InChI=1S/C16H22N2O/c17-14-6-1-12(2-7-14)3-8-15(19)18-11-16(9-10-16)13-4-5-13/h1-2,6-7,13H,3-5,8-11,17H2,(H,18,19). The second kappa shape index (κ2) is 4.87. The molecule has 1 amide bonds. The molecule has 2 fully saturated rings. The third-order valence-electron chi connectivity index (χ3n) is 4.59. The summed E-state index contributed by atoms with van der Waals surface area (Å²) in [5, 5.41) is 3.12. The Bertz CT molecular complexity index is 458. The molecule has 0 spiro atoms. The number of amides is 1. The Hall–Kier alpha value is -1.51. The molecule has 19 heavy (non-hydrogen) atoms. The van der Waals surface area contributed by atoms with Gasteiger partial charge in [0.15, 0.2) is 0 Å². The van der Waals surface area contributed by atoms with Gasteiger partial charge in [0, 0.05) is 18.7 Å². The van der Waals surface area contributed by atoms with Gasteiger partial charge >= 0.3 is 0 Å². The fraction of sp³-hybridized carbons (Fsp3) is 0.562. The van der Waals surface area contributed by atoms with Crippen LogP contribution in [-0.4, -0.2) is 12.5 Å². The summed E-state index contributed by atoms with van der Waals surface area (Å²) in [7, 11) is 0. The van der Waals surface area contributed by atoms with Gasteiger partial charge < -0.3 is 11.1 Å². The van der Waals surface area contributed by atoms with Crippen LogP contribution in [0.4, 0.5) is 5.69 Å². The summed E-state index contributed by atoms with van der Waals surface area (Å²) in [6.07, 6.45) is 6.75. The third kappa shape index (κ3) is 3.09. The molecule has 0 saturated heterocycles. The summed E-state index contributed by atoms with van der Waals surface area (Å²) in [5.41, 5.74) is 8.08. The smallest absolute Gasteiger partial charge is 0.220 e. The zero-order valence-electron chi connectivity index (χ0n) is 11.3. The Balaban J connectivity index is 1.40. The van der Waals surface area contributed by atoms with Gasteiger partial charge in [0.2, 0.25) is 5.91 Å². The molecule has 2 aliphatic rings. The Morgan fingerprint density at radius 3 is 2.53 bits per heavy atom. The highest BCUT2D eigenvalue weighted by atomic mass is 16.1. The van der Waals surface area contributed by atoms with E-state index in [0.717, 1.165) is 24.6 Å². The summed E-state index contributed by atoms with van der Waals surface area (Å²) in [5.74, 6) is 1.09. The molecule has 1 aromatic rings. The lowest BCUT2D eigenvalue weighted by Crippen LogP contribution is -2.31. The van der Waals surface area contributed by atoms with E-state index in [9.17, 15) is 4.79 Å². The second-order valence-electron chi connectivity index (χ2n) is 6.15. The van der Waals surface area contributed by atoms with Gasteiger partial charge in [-0.05, 0) is 61.1 Å². The van der Waals surface area contributed by atoms with Crippen LogP contribution in [0.1, 0.15) is 37.7 Å². The lowest BCUT2D eigenvalue weighted by atomic mass is 10.0. The number of nitrogens with two attached hydrogens (primary N) is 1. The summed E-state index contributed by atoms with van der Waals surface area (Å²) in [6.45, 7) is 0.901. The molecule has 0 unspecified atom stereocenters.